The third-order valence-corrected chi connectivity index (χ3v) is 4.96. The molecule has 0 aliphatic carbocycles. The van der Waals surface area contributed by atoms with E-state index in [-0.39, 0.29) is 11.9 Å². The molecule has 0 bridgehead atoms. The first-order chi connectivity index (χ1) is 11.2. The fraction of sp³-hybridized carbons (Fsp3) is 0.389. The van der Waals surface area contributed by atoms with Gasteiger partial charge in [-0.05, 0) is 37.0 Å². The Morgan fingerprint density at radius 2 is 2.00 bits per heavy atom. The van der Waals surface area contributed by atoms with Gasteiger partial charge < -0.3 is 4.90 Å². The van der Waals surface area contributed by atoms with Crippen LogP contribution < -0.4 is 4.90 Å². The van der Waals surface area contributed by atoms with Crippen LogP contribution in [0.5, 0.6) is 0 Å². The molecule has 5 nitrogen and oxygen atoms in total. The number of hydrogen-bond donors (Lipinski definition) is 0. The smallest absolute Gasteiger partial charge is 0.244 e. The number of carbonyl (C=O) groups excluding carboxylic acids is 1. The Morgan fingerprint density at radius 1 is 1.17 bits per heavy atom. The highest BCUT2D eigenvalue weighted by Crippen LogP contribution is 2.29. The van der Waals surface area contributed by atoms with Crippen molar-refractivity contribution >= 4 is 11.6 Å². The largest absolute Gasteiger partial charge is 0.310 e. The average molecular weight is 308 g/mol. The normalized spacial score (nSPS) is 18.4. The molecule has 0 radical (unpaired) electrons. The molecule has 1 atom stereocenters. The SMILES string of the molecule is C[C@@H](C(=O)N1CCc2ccccc21)N1CCc2cncnc2C1. The molecule has 0 saturated carbocycles. The van der Waals surface area contributed by atoms with Gasteiger partial charge in [0.25, 0.3) is 0 Å². The van der Waals surface area contributed by atoms with Crippen LogP contribution >= 0.6 is 0 Å². The second kappa shape index (κ2) is 5.74. The number of para-hydroxylation sites is 1. The van der Waals surface area contributed by atoms with Crippen LogP contribution in [0.4, 0.5) is 5.69 Å². The quantitative estimate of drug-likeness (QED) is 0.849. The fourth-order valence-electron chi connectivity index (χ4n) is 3.55. The molecule has 2 aromatic rings. The maximum Gasteiger partial charge on any atom is 0.244 e. The summed E-state index contributed by atoms with van der Waals surface area (Å²) >= 11 is 0. The van der Waals surface area contributed by atoms with Gasteiger partial charge in [-0.15, -0.1) is 0 Å². The molecule has 0 saturated heterocycles. The molecule has 5 heteroatoms. The first-order valence-corrected chi connectivity index (χ1v) is 8.15. The summed E-state index contributed by atoms with van der Waals surface area (Å²) in [6, 6.07) is 8.07. The summed E-state index contributed by atoms with van der Waals surface area (Å²) in [4.78, 5) is 25.6. The van der Waals surface area contributed by atoms with Crippen LogP contribution in [0.15, 0.2) is 36.8 Å². The standard InChI is InChI=1S/C18H20N4O/c1-13(21-8-6-15-10-19-12-20-16(15)11-21)18(23)22-9-7-14-4-2-3-5-17(14)22/h2-5,10,12-13H,6-9,11H2,1H3/t13-/m0/s1. The topological polar surface area (TPSA) is 49.3 Å². The van der Waals surface area contributed by atoms with E-state index in [9.17, 15) is 4.79 Å². The third-order valence-electron chi connectivity index (χ3n) is 4.96. The number of amides is 1. The molecular weight excluding hydrogens is 288 g/mol. The summed E-state index contributed by atoms with van der Waals surface area (Å²) in [5.74, 6) is 0.187. The lowest BCUT2D eigenvalue weighted by Gasteiger charge is -2.34. The van der Waals surface area contributed by atoms with E-state index in [1.807, 2.05) is 36.2 Å². The Hall–Kier alpha value is -2.27. The summed E-state index contributed by atoms with van der Waals surface area (Å²) in [6.45, 7) is 4.40. The first kappa shape index (κ1) is 14.3. The van der Waals surface area contributed by atoms with Gasteiger partial charge in [-0.1, -0.05) is 18.2 Å². The Balaban J connectivity index is 1.52. The van der Waals surface area contributed by atoms with Crippen LogP contribution in [0.25, 0.3) is 0 Å². The molecule has 1 amide bonds. The molecule has 118 valence electrons. The molecule has 0 N–H and O–H groups in total. The van der Waals surface area contributed by atoms with Crippen molar-refractivity contribution in [1.82, 2.24) is 14.9 Å². The van der Waals surface area contributed by atoms with Gasteiger partial charge in [-0.2, -0.15) is 0 Å². The summed E-state index contributed by atoms with van der Waals surface area (Å²) in [5, 5.41) is 0. The minimum atomic E-state index is -0.135. The number of aromatic nitrogens is 2. The van der Waals surface area contributed by atoms with E-state index in [4.69, 9.17) is 0 Å². The lowest BCUT2D eigenvalue weighted by atomic mass is 10.0. The highest BCUT2D eigenvalue weighted by atomic mass is 16.2. The predicted molar refractivity (Wildman–Crippen MR) is 88.1 cm³/mol. The van der Waals surface area contributed by atoms with Gasteiger partial charge in [-0.3, -0.25) is 9.69 Å². The van der Waals surface area contributed by atoms with Gasteiger partial charge in [0.1, 0.15) is 6.33 Å². The van der Waals surface area contributed by atoms with Gasteiger partial charge in [0.2, 0.25) is 5.91 Å². The van der Waals surface area contributed by atoms with Crippen molar-refractivity contribution in [3.05, 3.63) is 53.6 Å². The summed E-state index contributed by atoms with van der Waals surface area (Å²) in [5.41, 5.74) is 4.59. The summed E-state index contributed by atoms with van der Waals surface area (Å²) < 4.78 is 0. The molecule has 23 heavy (non-hydrogen) atoms. The van der Waals surface area contributed by atoms with E-state index in [2.05, 4.69) is 20.9 Å². The second-order valence-electron chi connectivity index (χ2n) is 6.26. The van der Waals surface area contributed by atoms with Crippen molar-refractivity contribution in [2.24, 2.45) is 0 Å². The van der Waals surface area contributed by atoms with Crippen molar-refractivity contribution < 1.29 is 4.79 Å². The lowest BCUT2D eigenvalue weighted by molar-refractivity contribution is -0.123. The summed E-state index contributed by atoms with van der Waals surface area (Å²) in [6.07, 6.45) is 5.34. The predicted octanol–water partition coefficient (Wildman–Crippen LogP) is 1.81. The van der Waals surface area contributed by atoms with Gasteiger partial charge in [0, 0.05) is 31.5 Å². The van der Waals surface area contributed by atoms with E-state index in [0.717, 1.165) is 43.9 Å². The number of anilines is 1. The molecule has 0 fully saturated rings. The molecule has 1 aromatic heterocycles. The highest BCUT2D eigenvalue weighted by molar-refractivity contribution is 5.98. The van der Waals surface area contributed by atoms with Crippen LogP contribution in [0, 0.1) is 0 Å². The van der Waals surface area contributed by atoms with Gasteiger partial charge in [0.15, 0.2) is 0 Å². The zero-order valence-electron chi connectivity index (χ0n) is 13.3. The Labute approximate surface area is 136 Å². The van der Waals surface area contributed by atoms with Crippen molar-refractivity contribution in [2.75, 3.05) is 18.0 Å². The Morgan fingerprint density at radius 3 is 2.91 bits per heavy atom. The van der Waals surface area contributed by atoms with E-state index in [1.165, 1.54) is 11.1 Å². The van der Waals surface area contributed by atoms with Crippen molar-refractivity contribution in [3.63, 3.8) is 0 Å². The number of fused-ring (bicyclic) bond motifs is 2. The monoisotopic (exact) mass is 308 g/mol. The first-order valence-electron chi connectivity index (χ1n) is 8.15. The Kier molecular flexibility index (Phi) is 3.58. The highest BCUT2D eigenvalue weighted by Gasteiger charge is 2.32. The van der Waals surface area contributed by atoms with Crippen LogP contribution in [0.2, 0.25) is 0 Å². The molecule has 4 rings (SSSR count). The number of hydrogen-bond acceptors (Lipinski definition) is 4. The summed E-state index contributed by atoms with van der Waals surface area (Å²) in [7, 11) is 0. The molecule has 1 aromatic carbocycles. The zero-order chi connectivity index (χ0) is 15.8. The van der Waals surface area contributed by atoms with E-state index in [0.29, 0.717) is 0 Å². The van der Waals surface area contributed by atoms with Crippen molar-refractivity contribution in [1.29, 1.82) is 0 Å². The zero-order valence-corrected chi connectivity index (χ0v) is 13.3. The molecular formula is C18H20N4O. The van der Waals surface area contributed by atoms with Crippen LogP contribution in [0.3, 0.4) is 0 Å². The van der Waals surface area contributed by atoms with E-state index >= 15 is 0 Å². The second-order valence-corrected chi connectivity index (χ2v) is 6.26. The average Bonchev–Trinajstić information content (AvgIpc) is 3.04. The molecule has 3 heterocycles. The van der Waals surface area contributed by atoms with Crippen LogP contribution in [-0.2, 0) is 24.2 Å². The lowest BCUT2D eigenvalue weighted by Crippen LogP contribution is -2.48. The minimum Gasteiger partial charge on any atom is -0.310 e. The van der Waals surface area contributed by atoms with Crippen molar-refractivity contribution in [2.45, 2.75) is 32.4 Å². The number of rotatable bonds is 2. The van der Waals surface area contributed by atoms with Gasteiger partial charge in [-0.25, -0.2) is 9.97 Å². The number of benzene rings is 1. The maximum absolute atomic E-state index is 13.0. The molecule has 2 aliphatic heterocycles. The number of carbonyl (C=O) groups is 1. The maximum atomic E-state index is 13.0. The molecule has 0 spiro atoms. The molecule has 0 unspecified atom stereocenters. The van der Waals surface area contributed by atoms with E-state index < -0.39 is 0 Å². The number of nitrogens with zero attached hydrogens (tertiary/aromatic N) is 4. The van der Waals surface area contributed by atoms with Crippen LogP contribution in [0.1, 0.15) is 23.7 Å². The Bertz CT molecular complexity index is 745. The van der Waals surface area contributed by atoms with Gasteiger partial charge in [0.05, 0.1) is 11.7 Å². The molecule has 2 aliphatic rings. The third kappa shape index (κ3) is 2.51. The van der Waals surface area contributed by atoms with Crippen LogP contribution in [-0.4, -0.2) is 39.9 Å². The van der Waals surface area contributed by atoms with E-state index in [1.54, 1.807) is 6.33 Å². The van der Waals surface area contributed by atoms with Crippen molar-refractivity contribution in [3.8, 4) is 0 Å². The van der Waals surface area contributed by atoms with Gasteiger partial charge >= 0.3 is 0 Å². The fourth-order valence-corrected chi connectivity index (χ4v) is 3.55. The minimum absolute atomic E-state index is 0.135.